The molecular formula is C16H17N3O3S. The van der Waals surface area contributed by atoms with Gasteiger partial charge in [0, 0.05) is 17.5 Å². The van der Waals surface area contributed by atoms with Crippen LogP contribution in [-0.2, 0) is 4.79 Å². The van der Waals surface area contributed by atoms with E-state index in [9.17, 15) is 14.7 Å². The van der Waals surface area contributed by atoms with Crippen molar-refractivity contribution in [2.45, 2.75) is 18.9 Å². The van der Waals surface area contributed by atoms with Crippen LogP contribution in [0.25, 0.3) is 5.69 Å². The van der Waals surface area contributed by atoms with Crippen LogP contribution < -0.4 is 5.32 Å². The number of rotatable bonds is 4. The van der Waals surface area contributed by atoms with Crippen LogP contribution in [0.2, 0.25) is 0 Å². The summed E-state index contributed by atoms with van der Waals surface area (Å²) in [6, 6.07) is 8.84. The van der Waals surface area contributed by atoms with E-state index in [0.29, 0.717) is 17.7 Å². The highest BCUT2D eigenvalue weighted by molar-refractivity contribution is 7.99. The third-order valence-corrected chi connectivity index (χ3v) is 5.09. The molecule has 0 saturated carbocycles. The summed E-state index contributed by atoms with van der Waals surface area (Å²) in [5.74, 6) is -0.194. The largest absolute Gasteiger partial charge is 0.479 e. The molecule has 6 nitrogen and oxygen atoms in total. The molecule has 1 aromatic heterocycles. The lowest BCUT2D eigenvalue weighted by molar-refractivity contribution is -0.143. The fourth-order valence-corrected chi connectivity index (χ4v) is 3.83. The molecule has 1 amide bonds. The second-order valence-corrected chi connectivity index (χ2v) is 6.70. The van der Waals surface area contributed by atoms with E-state index in [2.05, 4.69) is 10.4 Å². The smallest absolute Gasteiger partial charge is 0.330 e. The molecule has 2 aromatic rings. The number of carboxylic acids is 1. The Morgan fingerprint density at radius 1 is 1.30 bits per heavy atom. The van der Waals surface area contributed by atoms with E-state index in [1.54, 1.807) is 40.7 Å². The molecule has 1 aliphatic heterocycles. The first-order valence-electron chi connectivity index (χ1n) is 7.27. The Hall–Kier alpha value is -2.28. The van der Waals surface area contributed by atoms with Gasteiger partial charge in [-0.05, 0) is 49.4 Å². The predicted molar refractivity (Wildman–Crippen MR) is 88.1 cm³/mol. The molecule has 1 unspecified atom stereocenters. The number of carboxylic acid groups (broad SMARTS) is 1. The summed E-state index contributed by atoms with van der Waals surface area (Å²) in [6.07, 6.45) is 2.29. The standard InChI is InChI=1S/C16H17N3O3S/c1-11-6-8-19(18-11)13-4-2-12(3-5-13)14(20)17-16(15(21)22)7-9-23-10-16/h2-6,8H,7,9-10H2,1H3,(H,17,20)(H,21,22). The van der Waals surface area contributed by atoms with Crippen molar-refractivity contribution in [3.8, 4) is 5.69 Å². The fraction of sp³-hybridized carbons (Fsp3) is 0.312. The van der Waals surface area contributed by atoms with Crippen molar-refractivity contribution < 1.29 is 14.7 Å². The molecule has 1 aromatic carbocycles. The maximum absolute atomic E-state index is 12.4. The number of amides is 1. The minimum absolute atomic E-state index is 0.363. The van der Waals surface area contributed by atoms with Crippen LogP contribution in [0.1, 0.15) is 22.5 Å². The Balaban J connectivity index is 1.76. The second kappa shape index (κ2) is 6.08. The Kier molecular flexibility index (Phi) is 4.12. The molecule has 0 radical (unpaired) electrons. The van der Waals surface area contributed by atoms with Crippen LogP contribution in [0.5, 0.6) is 0 Å². The van der Waals surface area contributed by atoms with Gasteiger partial charge in [0.25, 0.3) is 5.91 Å². The molecule has 2 heterocycles. The van der Waals surface area contributed by atoms with Crippen molar-refractivity contribution in [2.24, 2.45) is 0 Å². The van der Waals surface area contributed by atoms with Crippen LogP contribution in [0.4, 0.5) is 0 Å². The zero-order valence-corrected chi connectivity index (χ0v) is 13.5. The van der Waals surface area contributed by atoms with Gasteiger partial charge in [0.15, 0.2) is 0 Å². The normalized spacial score (nSPS) is 20.4. The molecule has 0 aliphatic carbocycles. The number of carbonyl (C=O) groups excluding carboxylic acids is 1. The molecule has 7 heteroatoms. The SMILES string of the molecule is Cc1ccn(-c2ccc(C(=O)NC3(C(=O)O)CCSC3)cc2)n1. The summed E-state index contributed by atoms with van der Waals surface area (Å²) in [5, 5.41) is 16.4. The third-order valence-electron chi connectivity index (χ3n) is 3.90. The van der Waals surface area contributed by atoms with Crippen molar-refractivity contribution >= 4 is 23.6 Å². The molecular weight excluding hydrogens is 314 g/mol. The molecule has 120 valence electrons. The number of benzene rings is 1. The minimum atomic E-state index is -1.15. The number of thioether (sulfide) groups is 1. The predicted octanol–water partition coefficient (Wildman–Crippen LogP) is 1.87. The number of carbonyl (C=O) groups is 2. The Bertz CT molecular complexity index is 733. The highest BCUT2D eigenvalue weighted by Gasteiger charge is 2.43. The van der Waals surface area contributed by atoms with Gasteiger partial charge >= 0.3 is 5.97 Å². The van der Waals surface area contributed by atoms with Gasteiger partial charge in [0.05, 0.1) is 11.4 Å². The van der Waals surface area contributed by atoms with Crippen molar-refractivity contribution in [1.82, 2.24) is 15.1 Å². The summed E-state index contributed by atoms with van der Waals surface area (Å²) >= 11 is 1.54. The lowest BCUT2D eigenvalue weighted by atomic mass is 9.98. The lowest BCUT2D eigenvalue weighted by Gasteiger charge is -2.24. The molecule has 2 N–H and O–H groups in total. The van der Waals surface area contributed by atoms with Crippen LogP contribution in [-0.4, -0.2) is 43.8 Å². The maximum atomic E-state index is 12.4. The number of aliphatic carboxylic acids is 1. The van der Waals surface area contributed by atoms with Gasteiger partial charge in [-0.2, -0.15) is 16.9 Å². The molecule has 0 spiro atoms. The van der Waals surface area contributed by atoms with Crippen molar-refractivity contribution in [1.29, 1.82) is 0 Å². The van der Waals surface area contributed by atoms with E-state index in [4.69, 9.17) is 0 Å². The average molecular weight is 331 g/mol. The number of aromatic nitrogens is 2. The van der Waals surface area contributed by atoms with Gasteiger partial charge in [0.2, 0.25) is 0 Å². The average Bonchev–Trinajstić information content (AvgIpc) is 3.17. The van der Waals surface area contributed by atoms with Crippen molar-refractivity contribution in [2.75, 3.05) is 11.5 Å². The van der Waals surface area contributed by atoms with Gasteiger partial charge in [-0.1, -0.05) is 0 Å². The van der Waals surface area contributed by atoms with Crippen molar-refractivity contribution in [3.05, 3.63) is 47.8 Å². The van der Waals surface area contributed by atoms with E-state index in [0.717, 1.165) is 17.1 Å². The lowest BCUT2D eigenvalue weighted by Crippen LogP contribution is -2.54. The van der Waals surface area contributed by atoms with Crippen LogP contribution in [0.3, 0.4) is 0 Å². The molecule has 23 heavy (non-hydrogen) atoms. The summed E-state index contributed by atoms with van der Waals surface area (Å²) in [6.45, 7) is 1.91. The molecule has 1 fully saturated rings. The zero-order chi connectivity index (χ0) is 16.4. The monoisotopic (exact) mass is 331 g/mol. The van der Waals surface area contributed by atoms with Crippen molar-refractivity contribution in [3.63, 3.8) is 0 Å². The summed E-state index contributed by atoms with van der Waals surface area (Å²) in [5.41, 5.74) is 1.04. The number of nitrogens with zero attached hydrogens (tertiary/aromatic N) is 2. The van der Waals surface area contributed by atoms with Gasteiger partial charge in [-0.15, -0.1) is 0 Å². The molecule has 3 rings (SSSR count). The first-order chi connectivity index (χ1) is 11.0. The van der Waals surface area contributed by atoms with Crippen LogP contribution in [0, 0.1) is 6.92 Å². The number of aryl methyl sites for hydroxylation is 1. The van der Waals surface area contributed by atoms with E-state index in [1.807, 2.05) is 19.2 Å². The van der Waals surface area contributed by atoms with Crippen LogP contribution in [0.15, 0.2) is 36.5 Å². The highest BCUT2D eigenvalue weighted by atomic mass is 32.2. The zero-order valence-electron chi connectivity index (χ0n) is 12.7. The first kappa shape index (κ1) is 15.6. The highest BCUT2D eigenvalue weighted by Crippen LogP contribution is 2.28. The van der Waals surface area contributed by atoms with E-state index in [-0.39, 0.29) is 5.91 Å². The maximum Gasteiger partial charge on any atom is 0.330 e. The van der Waals surface area contributed by atoms with E-state index < -0.39 is 11.5 Å². The minimum Gasteiger partial charge on any atom is -0.479 e. The number of nitrogens with one attached hydrogen (secondary N) is 1. The molecule has 1 atom stereocenters. The Morgan fingerprint density at radius 3 is 2.57 bits per heavy atom. The van der Waals surface area contributed by atoms with Gasteiger partial charge in [-0.25, -0.2) is 9.48 Å². The van der Waals surface area contributed by atoms with Crippen LogP contribution >= 0.6 is 11.8 Å². The summed E-state index contributed by atoms with van der Waals surface area (Å²) < 4.78 is 1.73. The molecule has 1 aliphatic rings. The second-order valence-electron chi connectivity index (χ2n) is 5.59. The first-order valence-corrected chi connectivity index (χ1v) is 8.42. The fourth-order valence-electron chi connectivity index (χ4n) is 2.50. The molecule has 1 saturated heterocycles. The summed E-state index contributed by atoms with van der Waals surface area (Å²) in [7, 11) is 0. The van der Waals surface area contributed by atoms with Gasteiger partial charge in [0.1, 0.15) is 5.54 Å². The van der Waals surface area contributed by atoms with E-state index >= 15 is 0 Å². The third kappa shape index (κ3) is 3.10. The number of hydrogen-bond acceptors (Lipinski definition) is 4. The van der Waals surface area contributed by atoms with E-state index in [1.165, 1.54) is 0 Å². The topological polar surface area (TPSA) is 84.2 Å². The molecule has 0 bridgehead atoms. The number of hydrogen-bond donors (Lipinski definition) is 2. The quantitative estimate of drug-likeness (QED) is 0.893. The van der Waals surface area contributed by atoms with Gasteiger partial charge < -0.3 is 10.4 Å². The van der Waals surface area contributed by atoms with Gasteiger partial charge in [-0.3, -0.25) is 4.79 Å². The Morgan fingerprint density at radius 2 is 2.04 bits per heavy atom. The summed E-state index contributed by atoms with van der Waals surface area (Å²) in [4.78, 5) is 23.8. The Labute approximate surface area is 137 Å².